The maximum Gasteiger partial charge on any atom is 0.144 e. The lowest BCUT2D eigenvalue weighted by molar-refractivity contribution is 0.670. The van der Waals surface area contributed by atoms with E-state index < -0.39 is 0 Å². The Bertz CT molecular complexity index is 2710. The summed E-state index contributed by atoms with van der Waals surface area (Å²) in [6.07, 6.45) is 0. The summed E-state index contributed by atoms with van der Waals surface area (Å²) in [5, 5.41) is 7.46. The smallest absolute Gasteiger partial charge is 0.144 e. The molecule has 216 valence electrons. The molecular weight excluding hydrogens is 599 g/mol. The van der Waals surface area contributed by atoms with E-state index in [0.717, 1.165) is 44.7 Å². The molecule has 0 fully saturated rings. The van der Waals surface area contributed by atoms with Crippen molar-refractivity contribution in [2.24, 2.45) is 0 Å². The average Bonchev–Trinajstić information content (AvgIpc) is 3.80. The number of hydrogen-bond acceptors (Lipinski definition) is 4. The topological polar surface area (TPSA) is 16.4 Å². The Balaban J connectivity index is 1.36. The number of fused-ring (bicyclic) bond motifs is 10. The highest BCUT2D eigenvalue weighted by Crippen LogP contribution is 2.50. The van der Waals surface area contributed by atoms with Crippen LogP contribution in [-0.2, 0) is 0 Å². The molecule has 2 nitrogen and oxygen atoms in total. The molecule has 0 aliphatic heterocycles. The van der Waals surface area contributed by atoms with Gasteiger partial charge >= 0.3 is 0 Å². The highest BCUT2D eigenvalue weighted by Gasteiger charge is 2.23. The van der Waals surface area contributed by atoms with Crippen LogP contribution in [0.3, 0.4) is 0 Å². The summed E-state index contributed by atoms with van der Waals surface area (Å²) in [4.78, 5) is 2.40. The Morgan fingerprint density at radius 2 is 1.07 bits per heavy atom. The molecule has 0 radical (unpaired) electrons. The molecule has 0 amide bonds. The van der Waals surface area contributed by atoms with Gasteiger partial charge in [0.15, 0.2) is 0 Å². The first-order valence-electron chi connectivity index (χ1n) is 15.4. The number of thiophene rings is 2. The van der Waals surface area contributed by atoms with Crippen molar-refractivity contribution in [2.75, 3.05) is 4.90 Å². The molecule has 46 heavy (non-hydrogen) atoms. The number of rotatable bonds is 4. The predicted molar refractivity (Wildman–Crippen MR) is 200 cm³/mol. The molecule has 10 rings (SSSR count). The van der Waals surface area contributed by atoms with Crippen LogP contribution >= 0.6 is 22.7 Å². The summed E-state index contributed by atoms with van der Waals surface area (Å²) in [5.74, 6) is 0. The number of anilines is 3. The fourth-order valence-corrected chi connectivity index (χ4v) is 9.43. The molecule has 0 unspecified atom stereocenters. The van der Waals surface area contributed by atoms with Gasteiger partial charge in [0.1, 0.15) is 11.2 Å². The minimum Gasteiger partial charge on any atom is -0.455 e. The van der Waals surface area contributed by atoms with Gasteiger partial charge in [-0.3, -0.25) is 0 Å². The van der Waals surface area contributed by atoms with Gasteiger partial charge in [0.05, 0.1) is 5.69 Å². The van der Waals surface area contributed by atoms with Crippen molar-refractivity contribution in [1.29, 1.82) is 0 Å². The van der Waals surface area contributed by atoms with Crippen LogP contribution in [0.15, 0.2) is 156 Å². The van der Waals surface area contributed by atoms with Crippen LogP contribution in [0.2, 0.25) is 0 Å². The molecular formula is C42H25NOS2. The van der Waals surface area contributed by atoms with E-state index in [1.807, 2.05) is 22.7 Å². The molecule has 0 aliphatic carbocycles. The lowest BCUT2D eigenvalue weighted by Crippen LogP contribution is -2.10. The zero-order valence-electron chi connectivity index (χ0n) is 24.6. The van der Waals surface area contributed by atoms with Crippen molar-refractivity contribution in [3.8, 4) is 11.1 Å². The second-order valence-corrected chi connectivity index (χ2v) is 13.8. The second-order valence-electron chi connectivity index (χ2n) is 11.7. The van der Waals surface area contributed by atoms with Gasteiger partial charge in [-0.1, -0.05) is 91.0 Å². The van der Waals surface area contributed by atoms with Crippen LogP contribution in [0.1, 0.15) is 0 Å². The van der Waals surface area contributed by atoms with Crippen LogP contribution in [-0.4, -0.2) is 0 Å². The van der Waals surface area contributed by atoms with Gasteiger partial charge in [0.2, 0.25) is 0 Å². The first-order chi connectivity index (χ1) is 22.8. The van der Waals surface area contributed by atoms with Gasteiger partial charge in [-0.2, -0.15) is 0 Å². The number of benzene rings is 7. The average molecular weight is 624 g/mol. The molecule has 3 heterocycles. The van der Waals surface area contributed by atoms with Crippen LogP contribution in [0.4, 0.5) is 17.1 Å². The normalized spacial score (nSPS) is 11.9. The van der Waals surface area contributed by atoms with E-state index in [2.05, 4.69) is 157 Å². The number of furan rings is 1. The largest absolute Gasteiger partial charge is 0.455 e. The van der Waals surface area contributed by atoms with E-state index in [1.54, 1.807) is 0 Å². The zero-order chi connectivity index (χ0) is 30.2. The third-order valence-corrected chi connectivity index (χ3v) is 11.3. The van der Waals surface area contributed by atoms with Gasteiger partial charge in [-0.15, -0.1) is 22.7 Å². The van der Waals surface area contributed by atoms with Crippen molar-refractivity contribution < 1.29 is 4.42 Å². The quantitative estimate of drug-likeness (QED) is 0.194. The molecule has 0 N–H and O–H groups in total. The first kappa shape index (κ1) is 25.9. The van der Waals surface area contributed by atoms with Gasteiger partial charge in [0, 0.05) is 68.1 Å². The molecule has 0 atom stereocenters. The van der Waals surface area contributed by atoms with Crippen molar-refractivity contribution in [3.05, 3.63) is 152 Å². The first-order valence-corrected chi connectivity index (χ1v) is 17.1. The predicted octanol–water partition coefficient (Wildman–Crippen LogP) is 13.5. The maximum absolute atomic E-state index is 6.78. The van der Waals surface area contributed by atoms with E-state index in [9.17, 15) is 0 Å². The summed E-state index contributed by atoms with van der Waals surface area (Å²) < 4.78 is 11.9. The van der Waals surface area contributed by atoms with Gasteiger partial charge in [-0.25, -0.2) is 0 Å². The number of para-hydroxylation sites is 3. The minimum atomic E-state index is 0.919. The van der Waals surface area contributed by atoms with Gasteiger partial charge < -0.3 is 9.32 Å². The Hall–Kier alpha value is -5.42. The molecule has 0 saturated heterocycles. The molecule has 0 saturated carbocycles. The molecule has 7 aromatic carbocycles. The summed E-state index contributed by atoms with van der Waals surface area (Å²) in [6.45, 7) is 0. The second kappa shape index (κ2) is 10.0. The molecule has 0 spiro atoms. The van der Waals surface area contributed by atoms with E-state index in [4.69, 9.17) is 4.42 Å². The zero-order valence-corrected chi connectivity index (χ0v) is 26.2. The Labute approximate surface area is 273 Å². The molecule has 0 aliphatic rings. The third kappa shape index (κ3) is 3.81. The number of hydrogen-bond donors (Lipinski definition) is 0. The monoisotopic (exact) mass is 623 g/mol. The Morgan fingerprint density at radius 1 is 0.457 bits per heavy atom. The Kier molecular flexibility index (Phi) is 5.65. The summed E-state index contributed by atoms with van der Waals surface area (Å²) >= 11 is 3.71. The molecule has 3 aromatic heterocycles. The maximum atomic E-state index is 6.78. The van der Waals surface area contributed by atoms with Crippen molar-refractivity contribution in [3.63, 3.8) is 0 Å². The van der Waals surface area contributed by atoms with Crippen molar-refractivity contribution >= 4 is 102 Å². The highest BCUT2D eigenvalue weighted by molar-refractivity contribution is 7.27. The van der Waals surface area contributed by atoms with Crippen molar-refractivity contribution in [1.82, 2.24) is 0 Å². The van der Waals surface area contributed by atoms with E-state index >= 15 is 0 Å². The van der Waals surface area contributed by atoms with E-state index in [0.29, 0.717) is 0 Å². The van der Waals surface area contributed by atoms with Crippen molar-refractivity contribution in [2.45, 2.75) is 0 Å². The SMILES string of the molecule is c1ccc(N(c2ccccc2)c2cc(-c3cc4c5ccccc5sc4c4c3oc3ccccc34)cc3sc4ccccc4c23)cc1. The van der Waals surface area contributed by atoms with Gasteiger partial charge in [0.25, 0.3) is 0 Å². The number of nitrogens with zero attached hydrogens (tertiary/aromatic N) is 1. The van der Waals surface area contributed by atoms with Gasteiger partial charge in [-0.05, 0) is 66.2 Å². The molecule has 0 bridgehead atoms. The van der Waals surface area contributed by atoms with Crippen LogP contribution in [0, 0.1) is 0 Å². The van der Waals surface area contributed by atoms with Crippen LogP contribution in [0.5, 0.6) is 0 Å². The van der Waals surface area contributed by atoms with Crippen LogP contribution in [0.25, 0.3) is 73.4 Å². The minimum absolute atomic E-state index is 0.919. The Morgan fingerprint density at radius 3 is 1.80 bits per heavy atom. The lowest BCUT2D eigenvalue weighted by atomic mass is 9.96. The fourth-order valence-electron chi connectivity index (χ4n) is 7.03. The molecule has 10 aromatic rings. The van der Waals surface area contributed by atoms with E-state index in [1.165, 1.54) is 45.7 Å². The summed E-state index contributed by atoms with van der Waals surface area (Å²) in [6, 6.07) is 54.5. The summed E-state index contributed by atoms with van der Waals surface area (Å²) in [5.41, 5.74) is 7.52. The lowest BCUT2D eigenvalue weighted by Gasteiger charge is -2.27. The standard InChI is InChI=1S/C42H25NOS2/c1-3-13-27(14-4-1)43(28-15-5-2-6-16-28)34-23-26(24-38-39(34)31-19-9-12-22-37(31)45-38)32-25-33-29-17-8-11-21-36(29)46-42(33)40-30-18-7-10-20-35(30)44-41(32)40/h1-25H. The summed E-state index contributed by atoms with van der Waals surface area (Å²) in [7, 11) is 0. The third-order valence-electron chi connectivity index (χ3n) is 9.03. The highest BCUT2D eigenvalue weighted by atomic mass is 32.1. The molecule has 4 heteroatoms. The fraction of sp³-hybridized carbons (Fsp3) is 0. The van der Waals surface area contributed by atoms with Crippen LogP contribution < -0.4 is 4.90 Å². The van der Waals surface area contributed by atoms with E-state index in [-0.39, 0.29) is 0 Å².